The van der Waals surface area contributed by atoms with Crippen LogP contribution in [0.3, 0.4) is 0 Å². The molecule has 20 rings (SSSR count). The second-order valence-corrected chi connectivity index (χ2v) is 31.3. The molecule has 0 bridgehead atoms. The Balaban J connectivity index is 0.928. The number of rotatable bonds is 9. The van der Waals surface area contributed by atoms with Crippen LogP contribution in [0.4, 0.5) is 34.1 Å². The van der Waals surface area contributed by atoms with Gasteiger partial charge in [-0.3, -0.25) is 4.57 Å². The number of hydrogen-bond acceptors (Lipinski definition) is 4. The molecular formula is C97H72BN5S. The molecule has 2 aliphatic rings. The van der Waals surface area contributed by atoms with E-state index in [9.17, 15) is 0 Å². The van der Waals surface area contributed by atoms with Gasteiger partial charge in [0, 0.05) is 92.8 Å². The van der Waals surface area contributed by atoms with Gasteiger partial charge in [-0.15, -0.1) is 11.3 Å². The molecule has 0 amide bonds. The summed E-state index contributed by atoms with van der Waals surface area (Å²) in [6.45, 7) is 13.9. The quantitative estimate of drug-likeness (QED) is 0.135. The molecule has 104 heavy (non-hydrogen) atoms. The molecule has 0 saturated carbocycles. The predicted octanol–water partition coefficient (Wildman–Crippen LogP) is 24.7. The summed E-state index contributed by atoms with van der Waals surface area (Å²) in [4.78, 5) is 11.4. The van der Waals surface area contributed by atoms with Gasteiger partial charge in [-0.2, -0.15) is 0 Å². The highest BCUT2D eigenvalue weighted by molar-refractivity contribution is 7.25. The van der Waals surface area contributed by atoms with Crippen molar-refractivity contribution in [3.05, 3.63) is 339 Å². The molecular weight excluding hydrogens is 1280 g/mol. The van der Waals surface area contributed by atoms with Crippen LogP contribution in [-0.4, -0.2) is 20.8 Å². The molecule has 0 saturated heterocycles. The summed E-state index contributed by atoms with van der Waals surface area (Å²) in [5, 5.41) is 7.32. The fourth-order valence-corrected chi connectivity index (χ4v) is 18.2. The predicted molar refractivity (Wildman–Crippen MR) is 444 cm³/mol. The van der Waals surface area contributed by atoms with E-state index in [2.05, 4.69) is 388 Å². The van der Waals surface area contributed by atoms with Crippen LogP contribution in [0, 0.1) is 0 Å². The van der Waals surface area contributed by atoms with E-state index in [1.165, 1.54) is 69.2 Å². The van der Waals surface area contributed by atoms with E-state index in [0.29, 0.717) is 0 Å². The second kappa shape index (κ2) is 23.6. The number of anilines is 6. The van der Waals surface area contributed by atoms with E-state index in [0.717, 1.165) is 123 Å². The first kappa shape index (κ1) is 61.6. The molecule has 0 fully saturated rings. The van der Waals surface area contributed by atoms with Crippen molar-refractivity contribution < 1.29 is 0 Å². The zero-order valence-corrected chi connectivity index (χ0v) is 59.7. The summed E-state index contributed by atoms with van der Waals surface area (Å²) in [7, 11) is 0. The van der Waals surface area contributed by atoms with Crippen molar-refractivity contribution in [1.82, 2.24) is 14.1 Å². The van der Waals surface area contributed by atoms with Gasteiger partial charge >= 0.3 is 0 Å². The fourth-order valence-electron chi connectivity index (χ4n) is 17.0. The van der Waals surface area contributed by atoms with E-state index in [4.69, 9.17) is 4.98 Å². The van der Waals surface area contributed by atoms with Crippen LogP contribution in [0.1, 0.15) is 52.7 Å². The third kappa shape index (κ3) is 9.71. The SMILES string of the molecule is CC(C)(C)c1ccc2c(c1)B1c3cc(-c4cc(-n5c6ccccc6c6ccccc65)cc(-n5c6ccccc6c6cc7sc8ccccc8c7cc65)n4)ccc3N(c3c(-c4ccccc4)cccc3-c3ccccc3)c3cc(C(C)(C)C)cc(c31)N2c1c(-c2ccccc2)cccc1-c1ccccc1. The monoisotopic (exact) mass is 1350 g/mol. The van der Waals surface area contributed by atoms with Crippen molar-refractivity contribution in [2.75, 3.05) is 9.80 Å². The Morgan fingerprint density at radius 3 is 1.25 bits per heavy atom. The topological polar surface area (TPSA) is 29.2 Å². The maximum absolute atomic E-state index is 6.10. The van der Waals surface area contributed by atoms with Crippen molar-refractivity contribution in [3.63, 3.8) is 0 Å². The van der Waals surface area contributed by atoms with Crippen molar-refractivity contribution >= 4 is 132 Å². The lowest BCUT2D eigenvalue weighted by Gasteiger charge is -2.46. The van der Waals surface area contributed by atoms with Crippen molar-refractivity contribution in [1.29, 1.82) is 0 Å². The first-order valence-corrected chi connectivity index (χ1v) is 37.1. The van der Waals surface area contributed by atoms with E-state index >= 15 is 0 Å². The Labute approximate surface area is 610 Å². The third-order valence-corrected chi connectivity index (χ3v) is 23.1. The number of nitrogens with zero attached hydrogens (tertiary/aromatic N) is 5. The Morgan fingerprint density at radius 1 is 0.298 bits per heavy atom. The zero-order valence-electron chi connectivity index (χ0n) is 58.9. The highest BCUT2D eigenvalue weighted by Gasteiger charge is 2.46. The number of pyridine rings is 1. The molecule has 0 N–H and O–H groups in total. The number of benzene rings is 14. The molecule has 0 unspecified atom stereocenters. The van der Waals surface area contributed by atoms with Crippen LogP contribution in [0.15, 0.2) is 328 Å². The summed E-state index contributed by atoms with van der Waals surface area (Å²) in [5.74, 6) is 0.843. The van der Waals surface area contributed by atoms with Crippen molar-refractivity contribution in [3.8, 4) is 67.3 Å². The van der Waals surface area contributed by atoms with E-state index in [1.54, 1.807) is 0 Å². The van der Waals surface area contributed by atoms with Gasteiger partial charge in [-0.25, -0.2) is 4.98 Å². The minimum absolute atomic E-state index is 0.191. The molecule has 0 spiro atoms. The Morgan fingerprint density at radius 2 is 0.740 bits per heavy atom. The van der Waals surface area contributed by atoms with Crippen LogP contribution in [0.5, 0.6) is 0 Å². The molecule has 0 aliphatic carbocycles. The molecule has 6 heterocycles. The first-order valence-electron chi connectivity index (χ1n) is 36.3. The fraction of sp³-hybridized carbons (Fsp3) is 0.0825. The zero-order chi connectivity index (χ0) is 69.7. The smallest absolute Gasteiger partial charge is 0.252 e. The molecule has 14 aromatic carbocycles. The van der Waals surface area contributed by atoms with Crippen LogP contribution in [0.2, 0.25) is 0 Å². The minimum Gasteiger partial charge on any atom is -0.310 e. The standard InChI is InChI=1S/C97H72BN5S/c1-96(2,3)66-50-52-86-80(54-66)98-79-53-65(81-57-68(100-82-45-23-19-37-73(82)74-38-20-24-46-83(74)100)58-92(99-81)101-84-47-25-21-39-75(84)77-60-91-78(59-87(77)101)76-40-22-26-48-90(76)104-91)49-51-85(79)102(94-69(61-29-11-7-12-30-61)41-27-42-70(94)62-31-13-8-14-32-62)88-55-67(97(4,5)6)56-89(93(88)98)103(86)95-71(63-33-15-9-16-34-63)43-28-44-72(95)64-35-17-10-18-36-64/h7-60H,1-6H3. The summed E-state index contributed by atoms with van der Waals surface area (Å²) in [5.41, 5.74) is 29.2. The molecule has 494 valence electrons. The molecule has 2 aliphatic heterocycles. The maximum Gasteiger partial charge on any atom is 0.252 e. The minimum atomic E-state index is -0.286. The van der Waals surface area contributed by atoms with Gasteiger partial charge in [0.1, 0.15) is 5.82 Å². The van der Waals surface area contributed by atoms with Gasteiger partial charge in [0.2, 0.25) is 0 Å². The molecule has 18 aromatic rings. The number of thiophene rings is 1. The average Bonchev–Trinajstić information content (AvgIpc) is 0.921. The number of hydrogen-bond donors (Lipinski definition) is 0. The number of fused-ring (bicyclic) bond motifs is 13. The average molecular weight is 1350 g/mol. The first-order chi connectivity index (χ1) is 50.9. The summed E-state index contributed by atoms with van der Waals surface area (Å²) in [6.07, 6.45) is 0. The van der Waals surface area contributed by atoms with Crippen LogP contribution in [0.25, 0.3) is 131 Å². The van der Waals surface area contributed by atoms with Gasteiger partial charge in [0.15, 0.2) is 0 Å². The Bertz CT molecular complexity index is 6330. The lowest BCUT2D eigenvalue weighted by molar-refractivity contribution is 0.590. The van der Waals surface area contributed by atoms with Gasteiger partial charge in [-0.1, -0.05) is 296 Å². The van der Waals surface area contributed by atoms with Gasteiger partial charge in [-0.05, 0) is 133 Å². The van der Waals surface area contributed by atoms with Gasteiger partial charge in [0.25, 0.3) is 6.71 Å². The van der Waals surface area contributed by atoms with Crippen molar-refractivity contribution in [2.45, 2.75) is 52.4 Å². The Hall–Kier alpha value is -12.3. The van der Waals surface area contributed by atoms with Crippen LogP contribution >= 0.6 is 11.3 Å². The lowest BCUT2D eigenvalue weighted by atomic mass is 9.33. The largest absolute Gasteiger partial charge is 0.310 e. The molecule has 0 radical (unpaired) electrons. The second-order valence-electron chi connectivity index (χ2n) is 30.2. The molecule has 0 atom stereocenters. The van der Waals surface area contributed by atoms with E-state index < -0.39 is 0 Å². The number of para-hydroxylation sites is 5. The van der Waals surface area contributed by atoms with E-state index in [-0.39, 0.29) is 17.5 Å². The number of aromatic nitrogens is 3. The summed E-state index contributed by atoms with van der Waals surface area (Å²) in [6, 6.07) is 123. The van der Waals surface area contributed by atoms with Crippen molar-refractivity contribution in [2.24, 2.45) is 0 Å². The maximum atomic E-state index is 6.10. The van der Waals surface area contributed by atoms with Crippen LogP contribution in [-0.2, 0) is 10.8 Å². The summed E-state index contributed by atoms with van der Waals surface area (Å²) < 4.78 is 7.47. The normalized spacial score (nSPS) is 12.8. The Kier molecular flexibility index (Phi) is 14.0. The highest BCUT2D eigenvalue weighted by Crippen LogP contribution is 2.54. The third-order valence-electron chi connectivity index (χ3n) is 22.0. The highest BCUT2D eigenvalue weighted by atomic mass is 32.1. The molecule has 7 heteroatoms. The van der Waals surface area contributed by atoms with Gasteiger partial charge < -0.3 is 14.4 Å². The molecule has 4 aromatic heterocycles. The summed E-state index contributed by atoms with van der Waals surface area (Å²) >= 11 is 1.87. The lowest BCUT2D eigenvalue weighted by Crippen LogP contribution is -2.61. The van der Waals surface area contributed by atoms with E-state index in [1.807, 2.05) is 11.3 Å². The molecule has 5 nitrogen and oxygen atoms in total. The van der Waals surface area contributed by atoms with Crippen LogP contribution < -0.4 is 26.2 Å². The van der Waals surface area contributed by atoms with Gasteiger partial charge in [0.05, 0.1) is 44.8 Å².